The summed E-state index contributed by atoms with van der Waals surface area (Å²) in [7, 11) is -0.189. The summed E-state index contributed by atoms with van der Waals surface area (Å²) in [5.74, 6) is 0. The Morgan fingerprint density at radius 1 is 1.00 bits per heavy atom. The molecule has 0 bridgehead atoms. The van der Waals surface area contributed by atoms with Gasteiger partial charge in [0.15, 0.2) is 7.00 Å². The van der Waals surface area contributed by atoms with E-state index in [-0.39, 0.29) is 13.3 Å². The van der Waals surface area contributed by atoms with Crippen molar-refractivity contribution in [2.45, 2.75) is 52.2 Å². The van der Waals surface area contributed by atoms with E-state index in [1.165, 1.54) is 12.3 Å². The highest BCUT2D eigenvalue weighted by Gasteiger charge is 2.29. The van der Waals surface area contributed by atoms with Gasteiger partial charge in [0, 0.05) is 17.9 Å². The van der Waals surface area contributed by atoms with Crippen molar-refractivity contribution in [2.24, 2.45) is 0 Å². The Morgan fingerprint density at radius 3 is 2.14 bits per heavy atom. The first kappa shape index (κ1) is 17.4. The second kappa shape index (κ2) is 6.66. The maximum absolute atomic E-state index is 3.46. The van der Waals surface area contributed by atoms with E-state index >= 15 is 0 Å². The van der Waals surface area contributed by atoms with Crippen molar-refractivity contribution < 1.29 is 0 Å². The van der Waals surface area contributed by atoms with Crippen molar-refractivity contribution in [3.63, 3.8) is 0 Å². The largest absolute Gasteiger partial charge is 0.354 e. The van der Waals surface area contributed by atoms with Crippen LogP contribution in [-0.2, 0) is 0 Å². The third kappa shape index (κ3) is 4.52. The van der Waals surface area contributed by atoms with Crippen LogP contribution in [0.25, 0.3) is 0 Å². The number of nitrogens with zero attached hydrogens (tertiary/aromatic N) is 2. The zero-order valence-electron chi connectivity index (χ0n) is 14.8. The Bertz CT molecular complexity index is 502. The van der Waals surface area contributed by atoms with Crippen LogP contribution in [0, 0.1) is 6.67 Å². The van der Waals surface area contributed by atoms with Crippen LogP contribution in [0.1, 0.15) is 41.5 Å². The lowest BCUT2D eigenvalue weighted by atomic mass is 10.1. The minimum absolute atomic E-state index is 0.0967. The zero-order valence-corrected chi connectivity index (χ0v) is 15.7. The summed E-state index contributed by atoms with van der Waals surface area (Å²) in [4.78, 5) is 4.37. The summed E-state index contributed by atoms with van der Waals surface area (Å²) in [6.07, 6.45) is 5.30. The minimum Gasteiger partial charge on any atom is -0.354 e. The Balaban J connectivity index is 1.98. The number of rotatable bonds is 4. The van der Waals surface area contributed by atoms with Gasteiger partial charge in [0.05, 0.1) is 0 Å². The molecular formula is C18H28BN2P. The number of benzene rings is 1. The SMILES string of the molecule is CC(C)(C)N1[C]N(CBP(c2ccccc2)C(C)(C)C)C=C1. The second-order valence-corrected chi connectivity index (χ2v) is 11.0. The van der Waals surface area contributed by atoms with Crippen molar-refractivity contribution in [1.29, 1.82) is 0 Å². The van der Waals surface area contributed by atoms with Gasteiger partial charge in [0.2, 0.25) is 6.67 Å². The summed E-state index contributed by atoms with van der Waals surface area (Å²) >= 11 is 0. The van der Waals surface area contributed by atoms with E-state index < -0.39 is 0 Å². The van der Waals surface area contributed by atoms with E-state index in [4.69, 9.17) is 0 Å². The lowest BCUT2D eigenvalue weighted by Gasteiger charge is -2.34. The van der Waals surface area contributed by atoms with Gasteiger partial charge in [-0.3, -0.25) is 0 Å². The van der Waals surface area contributed by atoms with Crippen LogP contribution in [0.3, 0.4) is 0 Å². The standard InChI is InChI=1S/C18H28BN2P/c1-17(2,3)21-13-12-20(15-21)14-19-22(18(4,5)6)16-10-8-7-9-11-16/h7-13,19H,14H2,1-6H3. The van der Waals surface area contributed by atoms with E-state index in [2.05, 4.69) is 101 Å². The van der Waals surface area contributed by atoms with Gasteiger partial charge in [-0.25, -0.2) is 0 Å². The van der Waals surface area contributed by atoms with Crippen LogP contribution in [0.15, 0.2) is 42.7 Å². The molecule has 1 unspecified atom stereocenters. The fraction of sp³-hybridized carbons (Fsp3) is 0.500. The first-order chi connectivity index (χ1) is 10.2. The third-order valence-corrected chi connectivity index (χ3v) is 6.98. The zero-order chi connectivity index (χ0) is 16.4. The number of hydrogen-bond acceptors (Lipinski definition) is 2. The van der Waals surface area contributed by atoms with Crippen LogP contribution in [0.5, 0.6) is 0 Å². The highest BCUT2D eigenvalue weighted by molar-refractivity contribution is 7.92. The monoisotopic (exact) mass is 314 g/mol. The van der Waals surface area contributed by atoms with Gasteiger partial charge in [-0.1, -0.05) is 51.1 Å². The highest BCUT2D eigenvalue weighted by Crippen LogP contribution is 2.46. The Hall–Kier alpha value is -0.945. The molecular weight excluding hydrogens is 286 g/mol. The molecule has 0 fully saturated rings. The van der Waals surface area contributed by atoms with Crippen molar-refractivity contribution in [2.75, 3.05) is 6.44 Å². The van der Waals surface area contributed by atoms with Gasteiger partial charge < -0.3 is 9.80 Å². The van der Waals surface area contributed by atoms with Gasteiger partial charge in [-0.2, -0.15) is 0 Å². The van der Waals surface area contributed by atoms with Crippen LogP contribution in [-0.4, -0.2) is 33.9 Å². The van der Waals surface area contributed by atoms with Crippen molar-refractivity contribution in [3.05, 3.63) is 49.4 Å². The van der Waals surface area contributed by atoms with E-state index in [0.717, 1.165) is 6.44 Å². The molecule has 118 valence electrons. The molecule has 4 heteroatoms. The molecule has 2 rings (SSSR count). The van der Waals surface area contributed by atoms with Gasteiger partial charge in [0.25, 0.3) is 0 Å². The van der Waals surface area contributed by atoms with E-state index in [9.17, 15) is 0 Å². The molecule has 1 aromatic rings. The summed E-state index contributed by atoms with van der Waals surface area (Å²) in [5.41, 5.74) is 0.0967. The van der Waals surface area contributed by atoms with Crippen LogP contribution < -0.4 is 5.30 Å². The smallest absolute Gasteiger partial charge is 0.207 e. The quantitative estimate of drug-likeness (QED) is 0.616. The topological polar surface area (TPSA) is 6.48 Å². The molecule has 0 spiro atoms. The molecule has 1 heterocycles. The van der Waals surface area contributed by atoms with Crippen LogP contribution >= 0.6 is 7.80 Å². The predicted octanol–water partition coefficient (Wildman–Crippen LogP) is 3.78. The van der Waals surface area contributed by atoms with E-state index in [0.29, 0.717) is 5.16 Å². The Labute approximate surface area is 138 Å². The molecule has 0 N–H and O–H groups in total. The maximum Gasteiger partial charge on any atom is 0.207 e. The molecule has 2 radical (unpaired) electrons. The molecule has 1 aromatic carbocycles. The molecule has 1 aliphatic heterocycles. The normalized spacial score (nSPS) is 17.0. The van der Waals surface area contributed by atoms with Gasteiger partial charge in [-0.05, 0) is 37.7 Å². The third-order valence-electron chi connectivity index (χ3n) is 3.80. The second-order valence-electron chi connectivity index (χ2n) is 7.79. The van der Waals surface area contributed by atoms with Gasteiger partial charge in [-0.15, -0.1) is 7.80 Å². The summed E-state index contributed by atoms with van der Waals surface area (Å²) in [6.45, 7) is 18.4. The van der Waals surface area contributed by atoms with Crippen molar-refractivity contribution in [1.82, 2.24) is 9.80 Å². The fourth-order valence-electron chi connectivity index (χ4n) is 2.52. The summed E-state index contributed by atoms with van der Waals surface area (Å²) in [6, 6.07) is 11.0. The Kier molecular flexibility index (Phi) is 5.27. The van der Waals surface area contributed by atoms with Gasteiger partial charge >= 0.3 is 0 Å². The van der Waals surface area contributed by atoms with Crippen LogP contribution in [0.4, 0.5) is 0 Å². The maximum atomic E-state index is 3.46. The predicted molar refractivity (Wildman–Crippen MR) is 101 cm³/mol. The number of hydrogen-bond donors (Lipinski definition) is 0. The molecule has 2 nitrogen and oxygen atoms in total. The van der Waals surface area contributed by atoms with Crippen molar-refractivity contribution >= 4 is 20.1 Å². The highest BCUT2D eigenvalue weighted by atomic mass is 31.1. The summed E-state index contributed by atoms with van der Waals surface area (Å²) < 4.78 is 0. The van der Waals surface area contributed by atoms with Crippen LogP contribution in [0.2, 0.25) is 0 Å². The molecule has 0 saturated carbocycles. The minimum atomic E-state index is -0.189. The average molecular weight is 314 g/mol. The molecule has 1 atom stereocenters. The average Bonchev–Trinajstić information content (AvgIpc) is 2.87. The van der Waals surface area contributed by atoms with Crippen molar-refractivity contribution in [3.8, 4) is 0 Å². The molecule has 1 aliphatic rings. The van der Waals surface area contributed by atoms with E-state index in [1.54, 1.807) is 0 Å². The first-order valence-corrected chi connectivity index (χ1v) is 9.54. The molecule has 0 saturated heterocycles. The van der Waals surface area contributed by atoms with Gasteiger partial charge in [0.1, 0.15) is 0 Å². The lowest BCUT2D eigenvalue weighted by molar-refractivity contribution is 0.224. The molecule has 0 aromatic heterocycles. The first-order valence-electron chi connectivity index (χ1n) is 8.01. The molecule has 22 heavy (non-hydrogen) atoms. The fourth-order valence-corrected chi connectivity index (χ4v) is 5.17. The lowest BCUT2D eigenvalue weighted by Crippen LogP contribution is -2.37. The Morgan fingerprint density at radius 2 is 1.64 bits per heavy atom. The molecule has 0 amide bonds. The summed E-state index contributed by atoms with van der Waals surface area (Å²) in [5, 5.41) is 1.82. The molecule has 0 aliphatic carbocycles. The van der Waals surface area contributed by atoms with E-state index in [1.807, 2.05) is 0 Å².